The Bertz CT molecular complexity index is 733. The van der Waals surface area contributed by atoms with Crippen LogP contribution in [0, 0.1) is 0 Å². The van der Waals surface area contributed by atoms with Gasteiger partial charge in [-0.1, -0.05) is 12.1 Å². The van der Waals surface area contributed by atoms with Gasteiger partial charge in [0.25, 0.3) is 5.91 Å². The van der Waals surface area contributed by atoms with Gasteiger partial charge in [-0.25, -0.2) is 4.99 Å². The molecule has 2 fully saturated rings. The minimum Gasteiger partial charge on any atom is -0.393 e. The Balaban J connectivity index is 0.00000320. The Hall–Kier alpha value is -1.88. The molecule has 8 nitrogen and oxygen atoms in total. The molecule has 0 aromatic heterocycles. The minimum atomic E-state index is -0.173. The fourth-order valence-corrected chi connectivity index (χ4v) is 3.65. The zero-order valence-electron chi connectivity index (χ0n) is 17.4. The third-order valence-corrected chi connectivity index (χ3v) is 5.33. The number of aliphatic imine (C=N–C) groups is 1. The van der Waals surface area contributed by atoms with E-state index in [1.54, 1.807) is 17.0 Å². The largest absolute Gasteiger partial charge is 0.393 e. The lowest BCUT2D eigenvalue weighted by atomic mass is 9.93. The summed E-state index contributed by atoms with van der Waals surface area (Å²) in [5.41, 5.74) is 1.59. The molecule has 0 spiro atoms. The third kappa shape index (κ3) is 7.12. The lowest BCUT2D eigenvalue weighted by molar-refractivity contribution is -0.123. The summed E-state index contributed by atoms with van der Waals surface area (Å²) in [7, 11) is 0. The van der Waals surface area contributed by atoms with Crippen LogP contribution < -0.4 is 16.0 Å². The molecule has 3 rings (SSSR count). The molecule has 2 amide bonds. The molecule has 0 radical (unpaired) electrons. The molecule has 2 aliphatic rings. The molecule has 166 valence electrons. The summed E-state index contributed by atoms with van der Waals surface area (Å²) >= 11 is 0. The van der Waals surface area contributed by atoms with Crippen LogP contribution in [0.15, 0.2) is 29.3 Å². The van der Waals surface area contributed by atoms with Crippen molar-refractivity contribution in [3.63, 3.8) is 0 Å². The topological polar surface area (TPSA) is 106 Å². The third-order valence-electron chi connectivity index (χ3n) is 5.33. The van der Waals surface area contributed by atoms with Crippen molar-refractivity contribution in [3.8, 4) is 0 Å². The van der Waals surface area contributed by atoms with Crippen LogP contribution in [0.1, 0.15) is 48.5 Å². The second kappa shape index (κ2) is 12.1. The number of aliphatic hydroxyl groups is 1. The van der Waals surface area contributed by atoms with E-state index in [9.17, 15) is 14.7 Å². The predicted octanol–water partition coefficient (Wildman–Crippen LogP) is 1.24. The van der Waals surface area contributed by atoms with Crippen molar-refractivity contribution in [2.24, 2.45) is 4.99 Å². The maximum Gasteiger partial charge on any atom is 0.254 e. The maximum absolute atomic E-state index is 12.5. The molecule has 1 aliphatic heterocycles. The zero-order valence-corrected chi connectivity index (χ0v) is 19.7. The molecule has 1 saturated carbocycles. The van der Waals surface area contributed by atoms with Gasteiger partial charge in [0.1, 0.15) is 0 Å². The molecule has 1 heterocycles. The van der Waals surface area contributed by atoms with Crippen molar-refractivity contribution in [3.05, 3.63) is 35.4 Å². The Morgan fingerprint density at radius 2 is 1.93 bits per heavy atom. The van der Waals surface area contributed by atoms with E-state index >= 15 is 0 Å². The first kappa shape index (κ1) is 24.4. The first-order valence-corrected chi connectivity index (χ1v) is 10.4. The lowest BCUT2D eigenvalue weighted by Gasteiger charge is -2.27. The Kier molecular flexibility index (Phi) is 9.83. The molecular weight excluding hydrogens is 497 g/mol. The molecule has 30 heavy (non-hydrogen) atoms. The number of piperazine rings is 1. The van der Waals surface area contributed by atoms with Crippen molar-refractivity contribution in [2.75, 3.05) is 26.2 Å². The average Bonchev–Trinajstić information content (AvgIpc) is 2.73. The number of hydrogen-bond donors (Lipinski definition) is 4. The number of benzene rings is 1. The number of nitrogens with one attached hydrogen (secondary N) is 3. The van der Waals surface area contributed by atoms with E-state index in [1.807, 2.05) is 19.1 Å². The number of amides is 2. The number of halogens is 1. The van der Waals surface area contributed by atoms with E-state index in [1.165, 1.54) is 0 Å². The summed E-state index contributed by atoms with van der Waals surface area (Å²) in [6.07, 6.45) is 3.36. The number of nitrogens with zero attached hydrogens (tertiary/aromatic N) is 2. The number of carbonyl (C=O) groups excluding carboxylic acids is 2. The van der Waals surface area contributed by atoms with Crippen molar-refractivity contribution >= 4 is 41.8 Å². The van der Waals surface area contributed by atoms with Gasteiger partial charge in [-0.05, 0) is 50.3 Å². The first-order chi connectivity index (χ1) is 14.0. The molecule has 1 saturated heterocycles. The zero-order chi connectivity index (χ0) is 20.6. The highest BCUT2D eigenvalue weighted by Gasteiger charge is 2.22. The summed E-state index contributed by atoms with van der Waals surface area (Å²) in [6, 6.07) is 7.73. The van der Waals surface area contributed by atoms with Gasteiger partial charge in [0.05, 0.1) is 19.2 Å². The number of aliphatic hydroxyl groups excluding tert-OH is 1. The average molecular weight is 529 g/mol. The minimum absolute atomic E-state index is 0. The Morgan fingerprint density at radius 1 is 1.23 bits per heavy atom. The quantitative estimate of drug-likeness (QED) is 0.261. The summed E-state index contributed by atoms with van der Waals surface area (Å²) in [5.74, 6) is 0.532. The molecule has 0 unspecified atom stereocenters. The Morgan fingerprint density at radius 3 is 2.57 bits per heavy atom. The molecule has 1 aliphatic carbocycles. The van der Waals surface area contributed by atoms with Gasteiger partial charge in [0.2, 0.25) is 5.91 Å². The van der Waals surface area contributed by atoms with E-state index in [-0.39, 0.29) is 48.4 Å². The van der Waals surface area contributed by atoms with Gasteiger partial charge in [-0.15, -0.1) is 24.0 Å². The smallest absolute Gasteiger partial charge is 0.254 e. The SMILES string of the molecule is CCNC(=NCc1ccc(C(=O)N2CCNC(=O)C2)cc1)NC1CCC(O)CC1.I. The van der Waals surface area contributed by atoms with Crippen molar-refractivity contribution in [1.82, 2.24) is 20.9 Å². The van der Waals surface area contributed by atoms with E-state index in [0.29, 0.717) is 31.2 Å². The maximum atomic E-state index is 12.5. The van der Waals surface area contributed by atoms with Gasteiger partial charge >= 0.3 is 0 Å². The van der Waals surface area contributed by atoms with Crippen LogP contribution in [0.4, 0.5) is 0 Å². The Labute approximate surface area is 194 Å². The van der Waals surface area contributed by atoms with Crippen LogP contribution in [0.5, 0.6) is 0 Å². The predicted molar refractivity (Wildman–Crippen MR) is 127 cm³/mol. The number of rotatable bonds is 5. The van der Waals surface area contributed by atoms with Crippen LogP contribution in [-0.4, -0.2) is 66.1 Å². The van der Waals surface area contributed by atoms with Gasteiger partial charge in [-0.2, -0.15) is 0 Å². The summed E-state index contributed by atoms with van der Waals surface area (Å²) in [4.78, 5) is 30.2. The molecule has 1 aromatic carbocycles. The number of carbonyl (C=O) groups is 2. The van der Waals surface area contributed by atoms with Gasteiger partial charge < -0.3 is 26.0 Å². The van der Waals surface area contributed by atoms with Crippen molar-refractivity contribution < 1.29 is 14.7 Å². The first-order valence-electron chi connectivity index (χ1n) is 10.4. The lowest BCUT2D eigenvalue weighted by Crippen LogP contribution is -2.49. The second-order valence-electron chi connectivity index (χ2n) is 7.62. The van der Waals surface area contributed by atoms with Gasteiger partial charge in [0.15, 0.2) is 5.96 Å². The molecule has 0 atom stereocenters. The molecule has 4 N–H and O–H groups in total. The molecule has 9 heteroatoms. The van der Waals surface area contributed by atoms with E-state index in [0.717, 1.165) is 43.8 Å². The van der Waals surface area contributed by atoms with Crippen molar-refractivity contribution in [2.45, 2.75) is 51.3 Å². The number of hydrogen-bond acceptors (Lipinski definition) is 4. The highest BCUT2D eigenvalue weighted by Crippen LogP contribution is 2.18. The molecule has 1 aromatic rings. The number of guanidine groups is 1. The summed E-state index contributed by atoms with van der Waals surface area (Å²) < 4.78 is 0. The van der Waals surface area contributed by atoms with Crippen LogP contribution >= 0.6 is 24.0 Å². The highest BCUT2D eigenvalue weighted by molar-refractivity contribution is 14.0. The molecule has 0 bridgehead atoms. The van der Waals surface area contributed by atoms with Crippen LogP contribution in [0.25, 0.3) is 0 Å². The fourth-order valence-electron chi connectivity index (χ4n) is 3.65. The van der Waals surface area contributed by atoms with Crippen LogP contribution in [-0.2, 0) is 11.3 Å². The standard InChI is InChI=1S/C21H31N5O3.HI/c1-2-22-21(25-17-7-9-18(27)10-8-17)24-13-15-3-5-16(6-4-15)20(29)26-12-11-23-19(28)14-26;/h3-6,17-18,27H,2,7-14H2,1H3,(H,23,28)(H2,22,24,25);1H. The van der Waals surface area contributed by atoms with E-state index in [4.69, 9.17) is 0 Å². The van der Waals surface area contributed by atoms with Gasteiger partial charge in [-0.3, -0.25) is 9.59 Å². The highest BCUT2D eigenvalue weighted by atomic mass is 127. The second-order valence-corrected chi connectivity index (χ2v) is 7.62. The molecular formula is C21H32IN5O3. The summed E-state index contributed by atoms with van der Waals surface area (Å²) in [5, 5.41) is 19.1. The van der Waals surface area contributed by atoms with Crippen molar-refractivity contribution in [1.29, 1.82) is 0 Å². The normalized spacial score (nSPS) is 22.0. The fraction of sp³-hybridized carbons (Fsp3) is 0.571. The monoisotopic (exact) mass is 529 g/mol. The van der Waals surface area contributed by atoms with Crippen LogP contribution in [0.3, 0.4) is 0 Å². The van der Waals surface area contributed by atoms with Gasteiger partial charge in [0, 0.05) is 31.2 Å². The van der Waals surface area contributed by atoms with E-state index in [2.05, 4.69) is 20.9 Å². The van der Waals surface area contributed by atoms with Crippen LogP contribution in [0.2, 0.25) is 0 Å². The van der Waals surface area contributed by atoms with E-state index < -0.39 is 0 Å². The summed E-state index contributed by atoms with van der Waals surface area (Å²) in [6.45, 7) is 4.46.